The van der Waals surface area contributed by atoms with Crippen LogP contribution in [-0.4, -0.2) is 24.1 Å². The smallest absolute Gasteiger partial charge is 0.0194 e. The Bertz CT molecular complexity index is 174. The van der Waals surface area contributed by atoms with Gasteiger partial charge in [-0.2, -0.15) is 11.8 Å². The van der Waals surface area contributed by atoms with Gasteiger partial charge in [0, 0.05) is 11.8 Å². The molecular formula is C13H27NS. The zero-order valence-electron chi connectivity index (χ0n) is 10.8. The van der Waals surface area contributed by atoms with Crippen molar-refractivity contribution in [2.75, 3.05) is 18.1 Å². The van der Waals surface area contributed by atoms with E-state index in [-0.39, 0.29) is 0 Å². The number of nitrogens with one attached hydrogen (secondary N) is 1. The highest BCUT2D eigenvalue weighted by Gasteiger charge is 2.27. The van der Waals surface area contributed by atoms with Gasteiger partial charge >= 0.3 is 0 Å². The molecule has 0 saturated carbocycles. The number of thioether (sulfide) groups is 1. The largest absolute Gasteiger partial charge is 0.313 e. The zero-order chi connectivity index (χ0) is 11.3. The summed E-state index contributed by atoms with van der Waals surface area (Å²) in [6, 6.07) is 0.789. The predicted molar refractivity (Wildman–Crippen MR) is 71.6 cm³/mol. The molecule has 15 heavy (non-hydrogen) atoms. The SMILES string of the molecule is CCCNC1CSCC1CCC(C)(C)C. The molecule has 1 rings (SSSR count). The van der Waals surface area contributed by atoms with E-state index in [4.69, 9.17) is 0 Å². The lowest BCUT2D eigenvalue weighted by atomic mass is 9.85. The third-order valence-electron chi connectivity index (χ3n) is 3.12. The molecule has 1 heterocycles. The minimum Gasteiger partial charge on any atom is -0.313 e. The quantitative estimate of drug-likeness (QED) is 0.774. The fourth-order valence-electron chi connectivity index (χ4n) is 2.06. The van der Waals surface area contributed by atoms with E-state index in [0.29, 0.717) is 5.41 Å². The monoisotopic (exact) mass is 229 g/mol. The number of rotatable bonds is 5. The van der Waals surface area contributed by atoms with Gasteiger partial charge in [0.15, 0.2) is 0 Å². The van der Waals surface area contributed by atoms with Gasteiger partial charge in [-0.15, -0.1) is 0 Å². The van der Waals surface area contributed by atoms with Crippen molar-refractivity contribution in [3.8, 4) is 0 Å². The number of hydrogen-bond acceptors (Lipinski definition) is 2. The molecule has 0 amide bonds. The Balaban J connectivity index is 2.27. The van der Waals surface area contributed by atoms with Gasteiger partial charge in [0.25, 0.3) is 0 Å². The third kappa shape index (κ3) is 5.26. The Morgan fingerprint density at radius 2 is 2.00 bits per heavy atom. The lowest BCUT2D eigenvalue weighted by Crippen LogP contribution is -2.36. The van der Waals surface area contributed by atoms with Crippen LogP contribution in [0.4, 0.5) is 0 Å². The fourth-order valence-corrected chi connectivity index (χ4v) is 3.54. The van der Waals surface area contributed by atoms with E-state index in [1.54, 1.807) is 0 Å². The minimum atomic E-state index is 0.503. The van der Waals surface area contributed by atoms with Crippen LogP contribution in [0.5, 0.6) is 0 Å². The zero-order valence-corrected chi connectivity index (χ0v) is 11.6. The van der Waals surface area contributed by atoms with E-state index in [0.717, 1.165) is 12.0 Å². The maximum atomic E-state index is 3.70. The van der Waals surface area contributed by atoms with Gasteiger partial charge in [-0.05, 0) is 42.9 Å². The van der Waals surface area contributed by atoms with Crippen molar-refractivity contribution in [1.29, 1.82) is 0 Å². The molecule has 1 aliphatic heterocycles. The van der Waals surface area contributed by atoms with Crippen molar-refractivity contribution in [1.82, 2.24) is 5.32 Å². The molecule has 1 N–H and O–H groups in total. The molecule has 2 atom stereocenters. The Morgan fingerprint density at radius 3 is 2.60 bits per heavy atom. The van der Waals surface area contributed by atoms with Gasteiger partial charge in [-0.25, -0.2) is 0 Å². The van der Waals surface area contributed by atoms with Gasteiger partial charge in [-0.3, -0.25) is 0 Å². The average molecular weight is 229 g/mol. The Labute approximate surface area is 99.8 Å². The summed E-state index contributed by atoms with van der Waals surface area (Å²) in [5.41, 5.74) is 0.503. The molecule has 0 aliphatic carbocycles. The average Bonchev–Trinajstić information content (AvgIpc) is 2.57. The van der Waals surface area contributed by atoms with E-state index in [1.165, 1.54) is 37.3 Å². The molecular weight excluding hydrogens is 202 g/mol. The summed E-state index contributed by atoms with van der Waals surface area (Å²) in [6.07, 6.45) is 4.02. The summed E-state index contributed by atoms with van der Waals surface area (Å²) < 4.78 is 0. The molecule has 0 bridgehead atoms. The summed E-state index contributed by atoms with van der Waals surface area (Å²) in [6.45, 7) is 10.5. The summed E-state index contributed by atoms with van der Waals surface area (Å²) in [4.78, 5) is 0. The topological polar surface area (TPSA) is 12.0 Å². The molecule has 1 fully saturated rings. The van der Waals surface area contributed by atoms with Crippen molar-refractivity contribution in [3.05, 3.63) is 0 Å². The maximum Gasteiger partial charge on any atom is 0.0194 e. The Kier molecular flexibility index (Phi) is 5.48. The first-order chi connectivity index (χ1) is 7.03. The second kappa shape index (κ2) is 6.15. The normalized spacial score (nSPS) is 27.2. The first-order valence-electron chi connectivity index (χ1n) is 6.34. The van der Waals surface area contributed by atoms with Crippen LogP contribution in [0.2, 0.25) is 0 Å². The van der Waals surface area contributed by atoms with E-state index >= 15 is 0 Å². The summed E-state index contributed by atoms with van der Waals surface area (Å²) in [5, 5.41) is 3.70. The van der Waals surface area contributed by atoms with Crippen LogP contribution in [0.25, 0.3) is 0 Å². The molecule has 2 unspecified atom stereocenters. The van der Waals surface area contributed by atoms with Gasteiger partial charge in [0.2, 0.25) is 0 Å². The second-order valence-electron chi connectivity index (χ2n) is 5.96. The molecule has 0 aromatic heterocycles. The summed E-state index contributed by atoms with van der Waals surface area (Å²) in [5.74, 6) is 3.62. The van der Waals surface area contributed by atoms with Gasteiger partial charge in [0.1, 0.15) is 0 Å². The van der Waals surface area contributed by atoms with E-state index in [1.807, 2.05) is 0 Å². The fraction of sp³-hybridized carbons (Fsp3) is 1.00. The van der Waals surface area contributed by atoms with Crippen LogP contribution in [0.3, 0.4) is 0 Å². The van der Waals surface area contributed by atoms with Crippen molar-refractivity contribution < 1.29 is 0 Å². The first-order valence-corrected chi connectivity index (χ1v) is 7.49. The molecule has 0 aromatic rings. The molecule has 1 saturated heterocycles. The van der Waals surface area contributed by atoms with Crippen molar-refractivity contribution in [2.45, 2.75) is 53.0 Å². The molecule has 90 valence electrons. The standard InChI is InChI=1S/C13H27NS/c1-5-8-14-12-10-15-9-11(12)6-7-13(2,3)4/h11-12,14H,5-10H2,1-4H3. The van der Waals surface area contributed by atoms with Crippen LogP contribution in [0.1, 0.15) is 47.0 Å². The predicted octanol–water partition coefficient (Wildman–Crippen LogP) is 3.54. The maximum absolute atomic E-state index is 3.70. The third-order valence-corrected chi connectivity index (χ3v) is 4.38. The minimum absolute atomic E-state index is 0.503. The lowest BCUT2D eigenvalue weighted by Gasteiger charge is -2.24. The van der Waals surface area contributed by atoms with Gasteiger partial charge in [0.05, 0.1) is 0 Å². The lowest BCUT2D eigenvalue weighted by molar-refractivity contribution is 0.306. The van der Waals surface area contributed by atoms with Crippen LogP contribution < -0.4 is 5.32 Å². The van der Waals surface area contributed by atoms with E-state index in [9.17, 15) is 0 Å². The van der Waals surface area contributed by atoms with Crippen molar-refractivity contribution in [2.24, 2.45) is 11.3 Å². The Hall–Kier alpha value is 0.310. The Morgan fingerprint density at radius 1 is 1.27 bits per heavy atom. The first kappa shape index (κ1) is 13.4. The highest BCUT2D eigenvalue weighted by Crippen LogP contribution is 2.32. The molecule has 0 spiro atoms. The van der Waals surface area contributed by atoms with Crippen LogP contribution in [-0.2, 0) is 0 Å². The summed E-state index contributed by atoms with van der Waals surface area (Å²) in [7, 11) is 0. The van der Waals surface area contributed by atoms with Crippen LogP contribution >= 0.6 is 11.8 Å². The molecule has 0 aromatic carbocycles. The van der Waals surface area contributed by atoms with Gasteiger partial charge < -0.3 is 5.32 Å². The second-order valence-corrected chi connectivity index (χ2v) is 7.03. The van der Waals surface area contributed by atoms with Crippen molar-refractivity contribution >= 4 is 11.8 Å². The molecule has 2 heteroatoms. The van der Waals surface area contributed by atoms with Crippen LogP contribution in [0.15, 0.2) is 0 Å². The van der Waals surface area contributed by atoms with Gasteiger partial charge in [-0.1, -0.05) is 27.7 Å². The molecule has 0 radical (unpaired) electrons. The van der Waals surface area contributed by atoms with Crippen LogP contribution in [0, 0.1) is 11.3 Å². The highest BCUT2D eigenvalue weighted by molar-refractivity contribution is 7.99. The van der Waals surface area contributed by atoms with Crippen molar-refractivity contribution in [3.63, 3.8) is 0 Å². The summed E-state index contributed by atoms with van der Waals surface area (Å²) >= 11 is 2.13. The van der Waals surface area contributed by atoms with E-state index < -0.39 is 0 Å². The van der Waals surface area contributed by atoms with E-state index in [2.05, 4.69) is 44.8 Å². The molecule has 1 nitrogen and oxygen atoms in total. The highest BCUT2D eigenvalue weighted by atomic mass is 32.2. The molecule has 1 aliphatic rings. The number of hydrogen-bond donors (Lipinski definition) is 1.